The van der Waals surface area contributed by atoms with Crippen LogP contribution in [0.1, 0.15) is 42.7 Å². The van der Waals surface area contributed by atoms with Gasteiger partial charge in [-0.2, -0.15) is 5.26 Å². The number of nitrogens with zero attached hydrogens (tertiary/aromatic N) is 2. The maximum Gasteiger partial charge on any atom is 0.147 e. The molecule has 1 aromatic carbocycles. The van der Waals surface area contributed by atoms with Gasteiger partial charge in [0.2, 0.25) is 0 Å². The molecule has 22 heavy (non-hydrogen) atoms. The van der Waals surface area contributed by atoms with E-state index in [4.69, 9.17) is 16.3 Å². The summed E-state index contributed by atoms with van der Waals surface area (Å²) in [6, 6.07) is 12.0. The molecule has 0 atom stereocenters. The molecule has 112 valence electrons. The second-order valence-electron chi connectivity index (χ2n) is 5.58. The summed E-state index contributed by atoms with van der Waals surface area (Å²) in [4.78, 5) is 4.40. The molecular weight excluding hydrogens is 296 g/mol. The molecule has 1 saturated carbocycles. The molecule has 0 aliphatic heterocycles. The molecule has 0 spiro atoms. The van der Waals surface area contributed by atoms with Gasteiger partial charge in [0.1, 0.15) is 17.0 Å². The van der Waals surface area contributed by atoms with Gasteiger partial charge >= 0.3 is 0 Å². The lowest BCUT2D eigenvalue weighted by Crippen LogP contribution is -2.00. The van der Waals surface area contributed by atoms with Crippen molar-refractivity contribution in [3.05, 3.63) is 46.6 Å². The van der Waals surface area contributed by atoms with Gasteiger partial charge in [-0.3, -0.25) is 0 Å². The lowest BCUT2D eigenvalue weighted by atomic mass is 9.93. The van der Waals surface area contributed by atoms with Crippen LogP contribution in [0.25, 0.3) is 11.3 Å². The lowest BCUT2D eigenvalue weighted by Gasteiger charge is -2.14. The number of benzene rings is 1. The second kappa shape index (κ2) is 6.37. The Bertz CT molecular complexity index is 713. The third kappa shape index (κ3) is 2.80. The highest BCUT2D eigenvalue weighted by molar-refractivity contribution is 6.30. The number of methoxy groups -OCH3 is 1. The van der Waals surface area contributed by atoms with Crippen molar-refractivity contribution in [2.45, 2.75) is 31.6 Å². The van der Waals surface area contributed by atoms with Gasteiger partial charge in [0.25, 0.3) is 0 Å². The van der Waals surface area contributed by atoms with Gasteiger partial charge in [-0.15, -0.1) is 0 Å². The second-order valence-corrected chi connectivity index (χ2v) is 5.94. The van der Waals surface area contributed by atoms with Crippen LogP contribution in [0.2, 0.25) is 5.15 Å². The third-order valence-electron chi connectivity index (χ3n) is 4.30. The first-order chi connectivity index (χ1) is 10.7. The van der Waals surface area contributed by atoms with Crippen molar-refractivity contribution in [2.24, 2.45) is 0 Å². The van der Waals surface area contributed by atoms with Gasteiger partial charge in [-0.1, -0.05) is 24.4 Å². The van der Waals surface area contributed by atoms with Crippen LogP contribution in [0.15, 0.2) is 30.3 Å². The largest absolute Gasteiger partial charge is 0.497 e. The van der Waals surface area contributed by atoms with E-state index in [0.29, 0.717) is 16.6 Å². The Balaban J connectivity index is 2.06. The Kier molecular flexibility index (Phi) is 4.31. The quantitative estimate of drug-likeness (QED) is 0.754. The molecule has 1 aromatic heterocycles. The summed E-state index contributed by atoms with van der Waals surface area (Å²) in [5.41, 5.74) is 3.37. The number of nitriles is 1. The summed E-state index contributed by atoms with van der Waals surface area (Å²) < 4.78 is 5.18. The van der Waals surface area contributed by atoms with Crippen LogP contribution in [0, 0.1) is 11.3 Å². The Hall–Kier alpha value is -2.05. The fraction of sp³-hybridized carbons (Fsp3) is 0.333. The van der Waals surface area contributed by atoms with Crippen LogP contribution in [-0.2, 0) is 0 Å². The molecule has 1 aliphatic carbocycles. The molecule has 2 aromatic rings. The van der Waals surface area contributed by atoms with E-state index in [9.17, 15) is 5.26 Å². The SMILES string of the molecule is COc1ccc(-c2cc(C3CCCC3)c(C#N)c(Cl)n2)cc1. The first-order valence-corrected chi connectivity index (χ1v) is 7.85. The van der Waals surface area contributed by atoms with E-state index in [1.54, 1.807) is 7.11 Å². The summed E-state index contributed by atoms with van der Waals surface area (Å²) in [7, 11) is 1.64. The smallest absolute Gasteiger partial charge is 0.147 e. The number of pyridine rings is 1. The van der Waals surface area contributed by atoms with E-state index in [0.717, 1.165) is 35.4 Å². The zero-order valence-electron chi connectivity index (χ0n) is 12.5. The molecule has 4 heteroatoms. The van der Waals surface area contributed by atoms with Crippen LogP contribution in [0.4, 0.5) is 0 Å². The van der Waals surface area contributed by atoms with E-state index in [-0.39, 0.29) is 0 Å². The standard InChI is InChI=1S/C18H17ClN2O/c1-22-14-8-6-13(7-9-14)17-10-15(12-4-2-3-5-12)16(11-20)18(19)21-17/h6-10,12H,2-5H2,1H3. The summed E-state index contributed by atoms with van der Waals surface area (Å²) in [6.07, 6.45) is 4.68. The fourth-order valence-electron chi connectivity index (χ4n) is 3.11. The summed E-state index contributed by atoms with van der Waals surface area (Å²) in [6.45, 7) is 0. The van der Waals surface area contributed by atoms with Gasteiger partial charge in [-0.25, -0.2) is 4.98 Å². The molecule has 3 nitrogen and oxygen atoms in total. The van der Waals surface area contributed by atoms with Gasteiger partial charge in [0.05, 0.1) is 18.4 Å². The highest BCUT2D eigenvalue weighted by Gasteiger charge is 2.23. The van der Waals surface area contributed by atoms with Gasteiger partial charge in [0, 0.05) is 5.56 Å². The van der Waals surface area contributed by atoms with Crippen molar-refractivity contribution < 1.29 is 4.74 Å². The number of ether oxygens (including phenoxy) is 1. The van der Waals surface area contributed by atoms with Gasteiger partial charge in [0.15, 0.2) is 0 Å². The summed E-state index contributed by atoms with van der Waals surface area (Å²) in [5, 5.41) is 9.70. The zero-order valence-corrected chi connectivity index (χ0v) is 13.2. The number of aromatic nitrogens is 1. The van der Waals surface area contributed by atoms with Gasteiger partial charge in [-0.05, 0) is 54.7 Å². The third-order valence-corrected chi connectivity index (χ3v) is 4.57. The number of rotatable bonds is 3. The molecule has 0 N–H and O–H groups in total. The fourth-order valence-corrected chi connectivity index (χ4v) is 3.35. The molecule has 3 rings (SSSR count). The van der Waals surface area contributed by atoms with Gasteiger partial charge < -0.3 is 4.74 Å². The first kappa shape index (κ1) is 14.9. The monoisotopic (exact) mass is 312 g/mol. The van der Waals surface area contributed by atoms with Crippen LogP contribution >= 0.6 is 11.6 Å². The van der Waals surface area contributed by atoms with Crippen LogP contribution in [0.3, 0.4) is 0 Å². The molecule has 0 radical (unpaired) electrons. The van der Waals surface area contributed by atoms with Crippen molar-refractivity contribution >= 4 is 11.6 Å². The van der Waals surface area contributed by atoms with E-state index >= 15 is 0 Å². The molecule has 1 aliphatic rings. The molecule has 1 fully saturated rings. The number of hydrogen-bond donors (Lipinski definition) is 0. The van der Waals surface area contributed by atoms with E-state index in [2.05, 4.69) is 11.1 Å². The highest BCUT2D eigenvalue weighted by Crippen LogP contribution is 2.38. The Morgan fingerprint density at radius 2 is 1.91 bits per heavy atom. The lowest BCUT2D eigenvalue weighted by molar-refractivity contribution is 0.415. The number of hydrogen-bond acceptors (Lipinski definition) is 3. The Morgan fingerprint density at radius 1 is 1.23 bits per heavy atom. The molecular formula is C18H17ClN2O. The zero-order chi connectivity index (χ0) is 15.5. The van der Waals surface area contributed by atoms with E-state index < -0.39 is 0 Å². The normalized spacial score (nSPS) is 14.8. The van der Waals surface area contributed by atoms with Crippen LogP contribution in [0.5, 0.6) is 5.75 Å². The molecule has 0 amide bonds. The summed E-state index contributed by atoms with van der Waals surface area (Å²) >= 11 is 6.26. The average molecular weight is 313 g/mol. The van der Waals surface area contributed by atoms with Crippen molar-refractivity contribution in [3.8, 4) is 23.1 Å². The molecule has 0 bridgehead atoms. The predicted octanol–water partition coefficient (Wildman–Crippen LogP) is 4.94. The van der Waals surface area contributed by atoms with E-state index in [1.165, 1.54) is 12.8 Å². The van der Waals surface area contributed by atoms with Crippen molar-refractivity contribution in [1.29, 1.82) is 5.26 Å². The Labute approximate surface area is 135 Å². The minimum atomic E-state index is 0.303. The summed E-state index contributed by atoms with van der Waals surface area (Å²) in [5.74, 6) is 1.23. The predicted molar refractivity (Wildman–Crippen MR) is 87.2 cm³/mol. The minimum absolute atomic E-state index is 0.303. The van der Waals surface area contributed by atoms with Crippen molar-refractivity contribution in [1.82, 2.24) is 4.98 Å². The van der Waals surface area contributed by atoms with Crippen LogP contribution < -0.4 is 4.74 Å². The topological polar surface area (TPSA) is 45.9 Å². The molecule has 1 heterocycles. The molecule has 0 saturated heterocycles. The maximum atomic E-state index is 9.40. The van der Waals surface area contributed by atoms with Crippen molar-refractivity contribution in [3.63, 3.8) is 0 Å². The minimum Gasteiger partial charge on any atom is -0.497 e. The molecule has 0 unspecified atom stereocenters. The first-order valence-electron chi connectivity index (χ1n) is 7.48. The Morgan fingerprint density at radius 3 is 2.50 bits per heavy atom. The highest BCUT2D eigenvalue weighted by atomic mass is 35.5. The maximum absolute atomic E-state index is 9.40. The average Bonchev–Trinajstić information content (AvgIpc) is 3.08. The van der Waals surface area contributed by atoms with E-state index in [1.807, 2.05) is 30.3 Å². The number of halogens is 1. The van der Waals surface area contributed by atoms with Crippen molar-refractivity contribution in [2.75, 3.05) is 7.11 Å². The van der Waals surface area contributed by atoms with Crippen LogP contribution in [-0.4, -0.2) is 12.1 Å².